The molecule has 0 amide bonds. The number of hydrogen-bond acceptors (Lipinski definition) is 4. The van der Waals surface area contributed by atoms with Gasteiger partial charge in [0.15, 0.2) is 6.17 Å². The highest BCUT2D eigenvalue weighted by Crippen LogP contribution is 2.64. The summed E-state index contributed by atoms with van der Waals surface area (Å²) in [6.07, 6.45) is -3.16. The number of benzene rings is 2. The largest absolute Gasteiger partial charge is 0.457 e. The molecule has 0 radical (unpaired) electrons. The third kappa shape index (κ3) is 3.30. The lowest BCUT2D eigenvalue weighted by Crippen LogP contribution is -2.44. The SMILES string of the molecule is Fc1cc(F)cc(Oc2ccc(SC(F)(F)F)c3c2[C@@H](F)C(F)(F)C32OCCO2)c1. The van der Waals surface area contributed by atoms with E-state index in [1.165, 1.54) is 0 Å². The van der Waals surface area contributed by atoms with Crippen LogP contribution in [0.5, 0.6) is 11.5 Å². The molecule has 2 aromatic rings. The number of thioether (sulfide) groups is 1. The standard InChI is InChI=1S/C18H10F8O3S/c19-8-5-9(20)7-10(6-8)29-11-1-2-12(30-18(24,25)26)14-13(11)15(21)16(22,23)17(14)27-3-4-28-17/h1-2,5-7,15H,3-4H2/t15-/m1/s1. The molecule has 0 bridgehead atoms. The van der Waals surface area contributed by atoms with Gasteiger partial charge in [-0.15, -0.1) is 0 Å². The Bertz CT molecular complexity index is 968. The predicted molar refractivity (Wildman–Crippen MR) is 87.2 cm³/mol. The van der Waals surface area contributed by atoms with Crippen LogP contribution in [0.2, 0.25) is 0 Å². The van der Waals surface area contributed by atoms with Crippen molar-refractivity contribution in [3.63, 3.8) is 0 Å². The van der Waals surface area contributed by atoms with Gasteiger partial charge in [-0.3, -0.25) is 0 Å². The van der Waals surface area contributed by atoms with Gasteiger partial charge in [-0.25, -0.2) is 13.2 Å². The van der Waals surface area contributed by atoms with E-state index in [9.17, 15) is 35.1 Å². The number of rotatable bonds is 3. The Morgan fingerprint density at radius 1 is 1.00 bits per heavy atom. The van der Waals surface area contributed by atoms with Gasteiger partial charge < -0.3 is 14.2 Å². The number of hydrogen-bond donors (Lipinski definition) is 0. The highest BCUT2D eigenvalue weighted by Gasteiger charge is 2.72. The normalized spacial score (nSPS) is 21.8. The quantitative estimate of drug-likeness (QED) is 0.403. The molecule has 0 unspecified atom stereocenters. The van der Waals surface area contributed by atoms with Crippen molar-refractivity contribution in [3.05, 3.63) is 53.1 Å². The fourth-order valence-corrected chi connectivity index (χ4v) is 4.18. The molecular weight excluding hydrogens is 448 g/mol. The molecule has 1 heterocycles. The summed E-state index contributed by atoms with van der Waals surface area (Å²) < 4.78 is 125. The van der Waals surface area contributed by atoms with E-state index in [1.54, 1.807) is 0 Å². The van der Waals surface area contributed by atoms with Gasteiger partial charge in [0.05, 0.1) is 13.2 Å². The van der Waals surface area contributed by atoms with Crippen LogP contribution >= 0.6 is 11.8 Å². The molecule has 2 aromatic carbocycles. The number of fused-ring (bicyclic) bond motifs is 2. The van der Waals surface area contributed by atoms with Gasteiger partial charge in [-0.1, -0.05) is 0 Å². The van der Waals surface area contributed by atoms with Crippen LogP contribution in [0.15, 0.2) is 35.2 Å². The fraction of sp³-hybridized carbons (Fsp3) is 0.333. The molecule has 1 atom stereocenters. The summed E-state index contributed by atoms with van der Waals surface area (Å²) in [4.78, 5) is -0.767. The lowest BCUT2D eigenvalue weighted by Gasteiger charge is -2.30. The summed E-state index contributed by atoms with van der Waals surface area (Å²) >= 11 is -0.746. The van der Waals surface area contributed by atoms with E-state index >= 15 is 0 Å². The summed E-state index contributed by atoms with van der Waals surface area (Å²) in [5.41, 5.74) is -6.69. The molecule has 1 spiro atoms. The second kappa shape index (κ2) is 6.99. The van der Waals surface area contributed by atoms with Crippen molar-refractivity contribution in [1.82, 2.24) is 0 Å². The molecule has 4 rings (SSSR count). The second-order valence-corrected chi connectivity index (χ2v) is 7.51. The van der Waals surface area contributed by atoms with Gasteiger partial charge in [-0.05, 0) is 23.9 Å². The summed E-state index contributed by atoms with van der Waals surface area (Å²) in [7, 11) is 0. The molecule has 30 heavy (non-hydrogen) atoms. The van der Waals surface area contributed by atoms with Crippen molar-refractivity contribution < 1.29 is 49.3 Å². The Morgan fingerprint density at radius 3 is 2.17 bits per heavy atom. The molecule has 0 N–H and O–H groups in total. The van der Waals surface area contributed by atoms with Gasteiger partial charge in [0.1, 0.15) is 23.1 Å². The Hall–Kier alpha value is -2.05. The van der Waals surface area contributed by atoms with Gasteiger partial charge in [-0.2, -0.15) is 22.0 Å². The molecule has 1 aliphatic carbocycles. The van der Waals surface area contributed by atoms with E-state index in [4.69, 9.17) is 14.2 Å². The minimum absolute atomic E-state index is 0.405. The van der Waals surface area contributed by atoms with Crippen LogP contribution in [0.3, 0.4) is 0 Å². The number of alkyl halides is 6. The number of ether oxygens (including phenoxy) is 3. The van der Waals surface area contributed by atoms with Gasteiger partial charge in [0.2, 0.25) is 0 Å². The summed E-state index contributed by atoms with van der Waals surface area (Å²) in [6.45, 7) is -0.809. The van der Waals surface area contributed by atoms with E-state index in [0.29, 0.717) is 18.2 Å². The van der Waals surface area contributed by atoms with E-state index in [0.717, 1.165) is 12.1 Å². The topological polar surface area (TPSA) is 27.7 Å². The molecule has 162 valence electrons. The smallest absolute Gasteiger partial charge is 0.446 e. The predicted octanol–water partition coefficient (Wildman–Crippen LogP) is 6.23. The first-order valence-corrected chi connectivity index (χ1v) is 9.13. The molecule has 12 heteroatoms. The maximum Gasteiger partial charge on any atom is 0.446 e. The minimum atomic E-state index is -4.88. The van der Waals surface area contributed by atoms with Crippen molar-refractivity contribution in [1.29, 1.82) is 0 Å². The number of halogens is 8. The highest BCUT2D eigenvalue weighted by molar-refractivity contribution is 8.00. The van der Waals surface area contributed by atoms with Crippen molar-refractivity contribution in [3.8, 4) is 11.5 Å². The van der Waals surface area contributed by atoms with Crippen LogP contribution in [0, 0.1) is 11.6 Å². The Kier molecular flexibility index (Phi) is 4.94. The first-order valence-electron chi connectivity index (χ1n) is 8.31. The van der Waals surface area contributed by atoms with Gasteiger partial charge in [0, 0.05) is 34.2 Å². The molecule has 3 nitrogen and oxygen atoms in total. The van der Waals surface area contributed by atoms with Crippen LogP contribution < -0.4 is 4.74 Å². The van der Waals surface area contributed by atoms with Crippen LogP contribution in [-0.4, -0.2) is 24.6 Å². The summed E-state index contributed by atoms with van der Waals surface area (Å²) in [6, 6.07) is 3.51. The minimum Gasteiger partial charge on any atom is -0.457 e. The zero-order valence-corrected chi connectivity index (χ0v) is 15.4. The molecule has 0 saturated carbocycles. The fourth-order valence-electron chi connectivity index (χ4n) is 3.45. The average Bonchev–Trinajstić information content (AvgIpc) is 3.16. The van der Waals surface area contributed by atoms with E-state index in [2.05, 4.69) is 0 Å². The lowest BCUT2D eigenvalue weighted by atomic mass is 10.1. The zero-order chi connectivity index (χ0) is 21.9. The van der Waals surface area contributed by atoms with E-state index in [1.807, 2.05) is 0 Å². The maximum atomic E-state index is 14.9. The van der Waals surface area contributed by atoms with Crippen molar-refractivity contribution in [2.24, 2.45) is 0 Å². The molecule has 1 aliphatic heterocycles. The third-order valence-corrected chi connectivity index (χ3v) is 5.28. The molecule has 1 saturated heterocycles. The Balaban J connectivity index is 1.91. The maximum absolute atomic E-state index is 14.9. The third-order valence-electron chi connectivity index (χ3n) is 4.49. The van der Waals surface area contributed by atoms with E-state index < -0.39 is 87.5 Å². The first-order chi connectivity index (χ1) is 13.9. The molecule has 1 fully saturated rings. The second-order valence-electron chi connectivity index (χ2n) is 6.40. The molecule has 0 aromatic heterocycles. The monoisotopic (exact) mass is 458 g/mol. The van der Waals surface area contributed by atoms with Gasteiger partial charge >= 0.3 is 11.4 Å². The highest BCUT2D eigenvalue weighted by atomic mass is 32.2. The van der Waals surface area contributed by atoms with Crippen molar-refractivity contribution in [2.45, 2.75) is 28.3 Å². The van der Waals surface area contributed by atoms with Gasteiger partial charge in [0.25, 0.3) is 5.79 Å². The Morgan fingerprint density at radius 2 is 1.60 bits per heavy atom. The van der Waals surface area contributed by atoms with Crippen LogP contribution in [0.4, 0.5) is 35.1 Å². The average molecular weight is 458 g/mol. The summed E-state index contributed by atoms with van der Waals surface area (Å²) in [5.74, 6) is -10.7. The summed E-state index contributed by atoms with van der Waals surface area (Å²) in [5, 5.41) is 0. The van der Waals surface area contributed by atoms with Crippen LogP contribution in [0.25, 0.3) is 0 Å². The zero-order valence-electron chi connectivity index (χ0n) is 14.5. The molecular formula is C18H10F8O3S. The molecule has 2 aliphatic rings. The van der Waals surface area contributed by atoms with Crippen molar-refractivity contribution in [2.75, 3.05) is 13.2 Å². The first kappa shape index (κ1) is 21.2. The lowest BCUT2D eigenvalue weighted by molar-refractivity contribution is -0.308. The van der Waals surface area contributed by atoms with Crippen molar-refractivity contribution >= 4 is 11.8 Å². The van der Waals surface area contributed by atoms with E-state index in [-0.39, 0.29) is 0 Å². The van der Waals surface area contributed by atoms with Crippen LogP contribution in [0.1, 0.15) is 17.3 Å². The van der Waals surface area contributed by atoms with Crippen LogP contribution in [-0.2, 0) is 15.3 Å². The Labute approximate surface area is 167 Å².